The van der Waals surface area contributed by atoms with Crippen molar-refractivity contribution in [3.8, 4) is 11.1 Å². The smallest absolute Gasteiger partial charge is 0.412 e. The molecule has 2 aromatic carbocycles. The lowest BCUT2D eigenvalue weighted by atomic mass is 9.98. The van der Waals surface area contributed by atoms with Crippen molar-refractivity contribution >= 4 is 35.5 Å². The topological polar surface area (TPSA) is 118 Å². The molecule has 0 bridgehead atoms. The molecular weight excluding hydrogens is 466 g/mol. The lowest BCUT2D eigenvalue weighted by molar-refractivity contribution is -0.139. The van der Waals surface area contributed by atoms with Crippen molar-refractivity contribution in [1.29, 1.82) is 0 Å². The highest BCUT2D eigenvalue weighted by molar-refractivity contribution is 7.98. The van der Waals surface area contributed by atoms with Gasteiger partial charge in [-0.3, -0.25) is 10.1 Å². The van der Waals surface area contributed by atoms with Gasteiger partial charge in [-0.05, 0) is 52.8 Å². The maximum Gasteiger partial charge on any atom is 0.412 e. The molecule has 1 atom stereocenters. The number of benzene rings is 2. The summed E-state index contributed by atoms with van der Waals surface area (Å²) < 4.78 is 5.51. The summed E-state index contributed by atoms with van der Waals surface area (Å²) in [6.07, 6.45) is 1.46. The summed E-state index contributed by atoms with van der Waals surface area (Å²) in [4.78, 5) is 40.5. The first-order chi connectivity index (χ1) is 17.0. The number of carbonyl (C=O) groups is 3. The number of aromatic nitrogens is 1. The Morgan fingerprint density at radius 3 is 2.29 bits per heavy atom. The Bertz CT molecular complexity index is 1200. The van der Waals surface area contributed by atoms with Crippen LogP contribution in [0, 0.1) is 0 Å². The molecule has 0 spiro atoms. The van der Waals surface area contributed by atoms with Gasteiger partial charge < -0.3 is 15.2 Å². The first kappa shape index (κ1) is 24.3. The highest BCUT2D eigenvalue weighted by Gasteiger charge is 2.29. The van der Waals surface area contributed by atoms with Gasteiger partial charge in [0.2, 0.25) is 0 Å². The van der Waals surface area contributed by atoms with E-state index in [0.29, 0.717) is 12.2 Å². The Kier molecular flexibility index (Phi) is 7.67. The van der Waals surface area contributed by atoms with Gasteiger partial charge >= 0.3 is 12.1 Å². The van der Waals surface area contributed by atoms with Crippen molar-refractivity contribution in [3.63, 3.8) is 0 Å². The van der Waals surface area contributed by atoms with Gasteiger partial charge in [0.15, 0.2) is 0 Å². The molecule has 0 unspecified atom stereocenters. The zero-order valence-electron chi connectivity index (χ0n) is 19.1. The molecule has 2 amide bonds. The highest BCUT2D eigenvalue weighted by atomic mass is 32.2. The molecule has 0 aliphatic heterocycles. The van der Waals surface area contributed by atoms with Crippen molar-refractivity contribution in [1.82, 2.24) is 10.3 Å². The molecule has 4 rings (SSSR count). The number of ether oxygens (including phenoxy) is 1. The number of carboxylic acid groups (broad SMARTS) is 1. The molecule has 1 aliphatic rings. The number of aliphatic carboxylic acids is 1. The molecule has 0 saturated carbocycles. The number of nitrogens with one attached hydrogen (secondary N) is 2. The maximum atomic E-state index is 12.5. The molecule has 3 aromatic rings. The zero-order chi connectivity index (χ0) is 24.8. The first-order valence-electron chi connectivity index (χ1n) is 11.1. The van der Waals surface area contributed by atoms with Crippen LogP contribution in [-0.4, -0.2) is 52.7 Å². The number of anilines is 1. The third kappa shape index (κ3) is 5.63. The zero-order valence-corrected chi connectivity index (χ0v) is 19.9. The number of amides is 2. The number of hydrogen-bond donors (Lipinski definition) is 3. The van der Waals surface area contributed by atoms with Crippen molar-refractivity contribution in [2.24, 2.45) is 0 Å². The minimum absolute atomic E-state index is 0.00292. The summed E-state index contributed by atoms with van der Waals surface area (Å²) in [7, 11) is 0. The van der Waals surface area contributed by atoms with E-state index in [0.717, 1.165) is 22.3 Å². The van der Waals surface area contributed by atoms with Crippen molar-refractivity contribution in [3.05, 3.63) is 83.6 Å². The summed E-state index contributed by atoms with van der Waals surface area (Å²) >= 11 is 1.49. The number of nitrogens with zero attached hydrogens (tertiary/aromatic N) is 1. The van der Waals surface area contributed by atoms with Gasteiger partial charge in [-0.15, -0.1) is 0 Å². The number of rotatable bonds is 9. The van der Waals surface area contributed by atoms with Crippen molar-refractivity contribution in [2.45, 2.75) is 18.4 Å². The fraction of sp³-hybridized carbons (Fsp3) is 0.231. The molecule has 1 aliphatic carbocycles. The summed E-state index contributed by atoms with van der Waals surface area (Å²) in [5.41, 5.74) is 4.47. The fourth-order valence-electron chi connectivity index (χ4n) is 4.10. The molecule has 1 heterocycles. The Hall–Kier alpha value is -3.85. The third-order valence-corrected chi connectivity index (χ3v) is 6.41. The summed E-state index contributed by atoms with van der Waals surface area (Å²) in [5.74, 6) is -1.10. The number of fused-ring (bicyclic) bond motifs is 3. The summed E-state index contributed by atoms with van der Waals surface area (Å²) in [6, 6.07) is 19.6. The van der Waals surface area contributed by atoms with Gasteiger partial charge in [-0.1, -0.05) is 54.6 Å². The lowest BCUT2D eigenvalue weighted by Gasteiger charge is -2.15. The van der Waals surface area contributed by atoms with Gasteiger partial charge in [0.1, 0.15) is 24.2 Å². The monoisotopic (exact) mass is 491 g/mol. The average molecular weight is 492 g/mol. The predicted molar refractivity (Wildman–Crippen MR) is 135 cm³/mol. The van der Waals surface area contributed by atoms with Gasteiger partial charge in [0.25, 0.3) is 5.91 Å². The van der Waals surface area contributed by atoms with E-state index >= 15 is 0 Å². The van der Waals surface area contributed by atoms with Crippen LogP contribution >= 0.6 is 11.8 Å². The number of carbonyl (C=O) groups excluding carboxylic acids is 2. The van der Waals surface area contributed by atoms with Crippen LogP contribution in [0.15, 0.2) is 66.7 Å². The first-order valence-corrected chi connectivity index (χ1v) is 12.5. The SMILES string of the molecule is CSCC[C@@H](NC(=O)c1cccc(NC(=O)OCC2c3ccccc3-c3ccccc32)n1)C(=O)O. The molecule has 180 valence electrons. The van der Waals surface area contributed by atoms with E-state index in [1.807, 2.05) is 42.7 Å². The van der Waals surface area contributed by atoms with Crippen LogP contribution in [0.5, 0.6) is 0 Å². The molecule has 3 N–H and O–H groups in total. The second-order valence-electron chi connectivity index (χ2n) is 8.00. The number of hydrogen-bond acceptors (Lipinski definition) is 6. The molecule has 0 radical (unpaired) electrons. The predicted octanol–water partition coefficient (Wildman–Crippen LogP) is 4.38. The van der Waals surface area contributed by atoms with E-state index in [2.05, 4.69) is 27.8 Å². The van der Waals surface area contributed by atoms with Gasteiger partial charge in [0, 0.05) is 5.92 Å². The highest BCUT2D eigenvalue weighted by Crippen LogP contribution is 2.44. The molecule has 8 nitrogen and oxygen atoms in total. The van der Waals surface area contributed by atoms with E-state index in [1.165, 1.54) is 23.9 Å². The van der Waals surface area contributed by atoms with Crippen LogP contribution in [0.4, 0.5) is 10.6 Å². The van der Waals surface area contributed by atoms with Crippen molar-refractivity contribution < 1.29 is 24.2 Å². The number of thioether (sulfide) groups is 1. The quantitative estimate of drug-likeness (QED) is 0.407. The fourth-order valence-corrected chi connectivity index (χ4v) is 4.57. The van der Waals surface area contributed by atoms with Crippen LogP contribution in [0.3, 0.4) is 0 Å². The van der Waals surface area contributed by atoms with Crippen LogP contribution in [0.25, 0.3) is 11.1 Å². The number of pyridine rings is 1. The molecule has 9 heteroatoms. The summed E-state index contributed by atoms with van der Waals surface area (Å²) in [5, 5.41) is 14.3. The molecule has 35 heavy (non-hydrogen) atoms. The molecule has 0 fully saturated rings. The van der Waals surface area contributed by atoms with E-state index in [1.54, 1.807) is 6.07 Å². The Labute approximate surface area is 207 Å². The largest absolute Gasteiger partial charge is 0.480 e. The second-order valence-corrected chi connectivity index (χ2v) is 8.99. The molecule has 1 aromatic heterocycles. The van der Waals surface area contributed by atoms with Gasteiger partial charge in [0.05, 0.1) is 0 Å². The van der Waals surface area contributed by atoms with Crippen LogP contribution in [-0.2, 0) is 9.53 Å². The standard InChI is InChI=1S/C26H25N3O5S/c1-35-14-13-22(25(31)32)28-24(30)21-11-6-12-23(27-21)29-26(33)34-15-20-18-9-4-2-7-16(18)17-8-3-5-10-19(17)20/h2-12,20,22H,13-15H2,1H3,(H,28,30)(H,31,32)(H,27,29,33)/t22-/m1/s1. The maximum absolute atomic E-state index is 12.5. The van der Waals surface area contributed by atoms with Gasteiger partial charge in [-0.25, -0.2) is 14.6 Å². The van der Waals surface area contributed by atoms with E-state index in [-0.39, 0.29) is 24.0 Å². The minimum Gasteiger partial charge on any atom is -0.480 e. The van der Waals surface area contributed by atoms with Gasteiger partial charge in [-0.2, -0.15) is 11.8 Å². The second kappa shape index (κ2) is 11.1. The molecular formula is C26H25N3O5S. The van der Waals surface area contributed by atoms with Crippen molar-refractivity contribution in [2.75, 3.05) is 23.9 Å². The minimum atomic E-state index is -1.11. The Morgan fingerprint density at radius 1 is 1.00 bits per heavy atom. The third-order valence-electron chi connectivity index (χ3n) is 5.77. The lowest BCUT2D eigenvalue weighted by Crippen LogP contribution is -2.41. The Morgan fingerprint density at radius 2 is 1.66 bits per heavy atom. The Balaban J connectivity index is 1.38. The molecule has 0 saturated heterocycles. The van der Waals surface area contributed by atoms with E-state index in [4.69, 9.17) is 4.74 Å². The number of carboxylic acids is 1. The van der Waals surface area contributed by atoms with E-state index < -0.39 is 24.0 Å². The van der Waals surface area contributed by atoms with Crippen LogP contribution in [0.1, 0.15) is 34.0 Å². The van der Waals surface area contributed by atoms with Crippen LogP contribution < -0.4 is 10.6 Å². The van der Waals surface area contributed by atoms with Crippen LogP contribution in [0.2, 0.25) is 0 Å². The van der Waals surface area contributed by atoms with E-state index in [9.17, 15) is 19.5 Å². The average Bonchev–Trinajstić information content (AvgIpc) is 3.19. The summed E-state index contributed by atoms with van der Waals surface area (Å²) in [6.45, 7) is 0.149. The normalized spacial score (nSPS) is 12.8.